The number of nitrogens with zero attached hydrogens (tertiary/aromatic N) is 3. The summed E-state index contributed by atoms with van der Waals surface area (Å²) in [5, 5.41) is 7.03. The first-order chi connectivity index (χ1) is 19.8. The van der Waals surface area contributed by atoms with Crippen LogP contribution in [0.1, 0.15) is 0 Å². The van der Waals surface area contributed by atoms with Crippen molar-refractivity contribution >= 4 is 43.4 Å². The first-order valence-corrected chi connectivity index (χ1v) is 13.5. The quantitative estimate of drug-likeness (QED) is 0.223. The Hall–Kier alpha value is -5.41. The lowest BCUT2D eigenvalue weighted by Crippen LogP contribution is -1.97. The van der Waals surface area contributed by atoms with Crippen LogP contribution >= 0.6 is 0 Å². The Morgan fingerprint density at radius 1 is 0.425 bits per heavy atom. The molecule has 0 aliphatic heterocycles. The van der Waals surface area contributed by atoms with Crippen LogP contribution in [-0.4, -0.2) is 15.0 Å². The summed E-state index contributed by atoms with van der Waals surface area (Å²) >= 11 is 0. The van der Waals surface area contributed by atoms with E-state index < -0.39 is 0 Å². The average molecular weight is 510 g/mol. The number of fused-ring (bicyclic) bond motifs is 5. The molecule has 0 bridgehead atoms. The van der Waals surface area contributed by atoms with Crippen molar-refractivity contribution in [3.8, 4) is 33.8 Å². The van der Waals surface area contributed by atoms with Gasteiger partial charge in [-0.25, -0.2) is 9.97 Å². The third kappa shape index (κ3) is 3.63. The molecule has 3 heteroatoms. The van der Waals surface area contributed by atoms with Gasteiger partial charge < -0.3 is 0 Å². The molecule has 2 aromatic heterocycles. The van der Waals surface area contributed by atoms with Crippen LogP contribution in [0, 0.1) is 0 Å². The van der Waals surface area contributed by atoms with E-state index in [4.69, 9.17) is 15.0 Å². The largest absolute Gasteiger partial charge is 0.255 e. The minimum absolute atomic E-state index is 0.676. The molecule has 40 heavy (non-hydrogen) atoms. The van der Waals surface area contributed by atoms with Crippen LogP contribution in [0.25, 0.3) is 77.1 Å². The molecule has 8 aromatic rings. The van der Waals surface area contributed by atoms with Crippen LogP contribution in [0.5, 0.6) is 0 Å². The zero-order valence-electron chi connectivity index (χ0n) is 21.6. The minimum Gasteiger partial charge on any atom is -0.255 e. The molecule has 3 nitrogen and oxygen atoms in total. The summed E-state index contributed by atoms with van der Waals surface area (Å²) in [5.41, 5.74) is 7.04. The molecule has 0 atom stereocenters. The topological polar surface area (TPSA) is 38.7 Å². The summed E-state index contributed by atoms with van der Waals surface area (Å²) in [6.45, 7) is 0. The Kier molecular flexibility index (Phi) is 5.14. The number of aromatic nitrogens is 3. The standard InChI is InChI=1S/C37H23N3/c1-2-9-24(10-3-1)29-20-21-32(36-30(29)14-8-22-38-36)37-39-34-15-7-6-13-31(34)35(40-37)27-19-18-26-17-16-25-11-4-5-12-28(25)33(26)23-27/h1-23H. The SMILES string of the molecule is c1ccc(-c2ccc(-c3nc(-c4ccc5ccc6ccccc6c5c4)c4ccccc4n3)c3ncccc23)cc1. The summed E-state index contributed by atoms with van der Waals surface area (Å²) in [7, 11) is 0. The van der Waals surface area contributed by atoms with Crippen molar-refractivity contribution in [2.45, 2.75) is 0 Å². The van der Waals surface area contributed by atoms with Crippen molar-refractivity contribution in [3.63, 3.8) is 0 Å². The maximum Gasteiger partial charge on any atom is 0.162 e. The van der Waals surface area contributed by atoms with E-state index >= 15 is 0 Å². The third-order valence-electron chi connectivity index (χ3n) is 7.72. The zero-order chi connectivity index (χ0) is 26.5. The van der Waals surface area contributed by atoms with Crippen LogP contribution in [-0.2, 0) is 0 Å². The fraction of sp³-hybridized carbons (Fsp3) is 0. The Labute approximate surface area is 231 Å². The first-order valence-electron chi connectivity index (χ1n) is 13.5. The maximum atomic E-state index is 5.23. The van der Waals surface area contributed by atoms with Crippen LogP contribution < -0.4 is 0 Å². The lowest BCUT2D eigenvalue weighted by molar-refractivity contribution is 1.23. The normalized spacial score (nSPS) is 11.5. The Balaban J connectivity index is 1.38. The monoisotopic (exact) mass is 509 g/mol. The van der Waals surface area contributed by atoms with Crippen molar-refractivity contribution in [1.29, 1.82) is 0 Å². The molecular formula is C37H23N3. The van der Waals surface area contributed by atoms with Gasteiger partial charge in [0.15, 0.2) is 5.82 Å². The Morgan fingerprint density at radius 2 is 1.12 bits per heavy atom. The number of para-hydroxylation sites is 1. The zero-order valence-corrected chi connectivity index (χ0v) is 21.6. The van der Waals surface area contributed by atoms with Crippen LogP contribution in [0.2, 0.25) is 0 Å². The van der Waals surface area contributed by atoms with Gasteiger partial charge in [-0.3, -0.25) is 4.98 Å². The van der Waals surface area contributed by atoms with Gasteiger partial charge in [-0.15, -0.1) is 0 Å². The van der Waals surface area contributed by atoms with Gasteiger partial charge in [-0.1, -0.05) is 109 Å². The molecular weight excluding hydrogens is 486 g/mol. The molecule has 186 valence electrons. The van der Waals surface area contributed by atoms with Crippen molar-refractivity contribution in [2.24, 2.45) is 0 Å². The molecule has 0 fully saturated rings. The first kappa shape index (κ1) is 22.6. The van der Waals surface area contributed by atoms with Crippen LogP contribution in [0.3, 0.4) is 0 Å². The van der Waals surface area contributed by atoms with E-state index in [1.807, 2.05) is 24.4 Å². The van der Waals surface area contributed by atoms with Gasteiger partial charge >= 0.3 is 0 Å². The lowest BCUT2D eigenvalue weighted by Gasteiger charge is -2.13. The summed E-state index contributed by atoms with van der Waals surface area (Å²) < 4.78 is 0. The molecule has 0 N–H and O–H groups in total. The fourth-order valence-corrected chi connectivity index (χ4v) is 5.79. The van der Waals surface area contributed by atoms with E-state index in [9.17, 15) is 0 Å². The van der Waals surface area contributed by atoms with E-state index in [-0.39, 0.29) is 0 Å². The van der Waals surface area contributed by atoms with E-state index in [1.165, 1.54) is 21.5 Å². The second kappa shape index (κ2) is 9.11. The van der Waals surface area contributed by atoms with Crippen molar-refractivity contribution in [1.82, 2.24) is 15.0 Å². The lowest BCUT2D eigenvalue weighted by atomic mass is 9.96. The van der Waals surface area contributed by atoms with Gasteiger partial charge in [0.1, 0.15) is 0 Å². The molecule has 0 radical (unpaired) electrons. The van der Waals surface area contributed by atoms with Crippen LogP contribution in [0.4, 0.5) is 0 Å². The molecule has 6 aromatic carbocycles. The fourth-order valence-electron chi connectivity index (χ4n) is 5.79. The molecule has 8 rings (SSSR count). The smallest absolute Gasteiger partial charge is 0.162 e. The van der Waals surface area contributed by atoms with E-state index in [0.717, 1.165) is 49.8 Å². The van der Waals surface area contributed by atoms with E-state index in [0.29, 0.717) is 5.82 Å². The second-order valence-electron chi connectivity index (χ2n) is 10.1. The predicted molar refractivity (Wildman–Crippen MR) is 166 cm³/mol. The highest BCUT2D eigenvalue weighted by atomic mass is 14.9. The highest BCUT2D eigenvalue weighted by Gasteiger charge is 2.16. The Morgan fingerprint density at radius 3 is 2.02 bits per heavy atom. The van der Waals surface area contributed by atoms with Gasteiger partial charge in [0, 0.05) is 28.1 Å². The van der Waals surface area contributed by atoms with E-state index in [2.05, 4.69) is 115 Å². The minimum atomic E-state index is 0.676. The van der Waals surface area contributed by atoms with Crippen molar-refractivity contribution < 1.29 is 0 Å². The number of hydrogen-bond acceptors (Lipinski definition) is 3. The summed E-state index contributed by atoms with van der Waals surface area (Å²) in [6, 6.07) is 46.6. The molecule has 0 aliphatic carbocycles. The maximum absolute atomic E-state index is 5.23. The summed E-state index contributed by atoms with van der Waals surface area (Å²) in [6.07, 6.45) is 1.84. The van der Waals surface area contributed by atoms with E-state index in [1.54, 1.807) is 0 Å². The second-order valence-corrected chi connectivity index (χ2v) is 10.1. The molecule has 0 saturated heterocycles. The number of benzene rings is 6. The molecule has 0 amide bonds. The molecule has 0 aliphatic rings. The highest BCUT2D eigenvalue weighted by Crippen LogP contribution is 2.37. The van der Waals surface area contributed by atoms with Gasteiger partial charge in [0.2, 0.25) is 0 Å². The van der Waals surface area contributed by atoms with Gasteiger partial charge in [-0.05, 0) is 56.9 Å². The van der Waals surface area contributed by atoms with Gasteiger partial charge in [0.05, 0.1) is 16.7 Å². The third-order valence-corrected chi connectivity index (χ3v) is 7.72. The van der Waals surface area contributed by atoms with Crippen molar-refractivity contribution in [2.75, 3.05) is 0 Å². The number of rotatable bonds is 3. The summed E-state index contributed by atoms with van der Waals surface area (Å²) in [5.74, 6) is 0.676. The molecule has 0 unspecified atom stereocenters. The number of hydrogen-bond donors (Lipinski definition) is 0. The average Bonchev–Trinajstić information content (AvgIpc) is 3.04. The Bertz CT molecular complexity index is 2220. The molecule has 2 heterocycles. The number of pyridine rings is 1. The highest BCUT2D eigenvalue weighted by molar-refractivity contribution is 6.09. The predicted octanol–water partition coefficient (Wildman–Crippen LogP) is 9.49. The van der Waals surface area contributed by atoms with Gasteiger partial charge in [-0.2, -0.15) is 0 Å². The van der Waals surface area contributed by atoms with Crippen molar-refractivity contribution in [3.05, 3.63) is 140 Å². The van der Waals surface area contributed by atoms with Gasteiger partial charge in [0.25, 0.3) is 0 Å². The summed E-state index contributed by atoms with van der Waals surface area (Å²) in [4.78, 5) is 15.1. The van der Waals surface area contributed by atoms with Crippen LogP contribution in [0.15, 0.2) is 140 Å². The molecule has 0 spiro atoms. The molecule has 0 saturated carbocycles.